The summed E-state index contributed by atoms with van der Waals surface area (Å²) in [6, 6.07) is 0.134. The van der Waals surface area contributed by atoms with Gasteiger partial charge < -0.3 is 10.2 Å². The Balaban J connectivity index is 1.51. The Kier molecular flexibility index (Phi) is 5.67. The molecule has 1 N–H and O–H groups in total. The Morgan fingerprint density at radius 1 is 1.21 bits per heavy atom. The first kappa shape index (κ1) is 20.2. The number of rotatable bonds is 4. The van der Waals surface area contributed by atoms with Crippen molar-refractivity contribution in [3.63, 3.8) is 0 Å². The standard InChI is InChI=1S/C20H30N6O2/c1-13-16(14(2)26-19(23-13)21-12-22-26)6-7-17(27)24-15-8-10-25(11-9-15)18(28)20(3,4)5/h12,15H,6-11H2,1-5H3,(H,24,27). The molecule has 1 fully saturated rings. The van der Waals surface area contributed by atoms with Gasteiger partial charge in [0.05, 0.1) is 0 Å². The summed E-state index contributed by atoms with van der Waals surface area (Å²) in [5.74, 6) is 0.803. The van der Waals surface area contributed by atoms with Gasteiger partial charge in [-0.2, -0.15) is 10.1 Å². The van der Waals surface area contributed by atoms with E-state index >= 15 is 0 Å². The maximum atomic E-state index is 12.4. The Morgan fingerprint density at radius 3 is 2.54 bits per heavy atom. The maximum Gasteiger partial charge on any atom is 0.252 e. The molecular formula is C20H30N6O2. The number of piperidine rings is 1. The predicted octanol–water partition coefficient (Wildman–Crippen LogP) is 1.83. The van der Waals surface area contributed by atoms with Crippen LogP contribution in [0.4, 0.5) is 0 Å². The molecular weight excluding hydrogens is 356 g/mol. The third-order valence-corrected chi connectivity index (χ3v) is 5.38. The molecule has 28 heavy (non-hydrogen) atoms. The molecule has 1 aliphatic rings. The van der Waals surface area contributed by atoms with Crippen LogP contribution in [0.15, 0.2) is 6.33 Å². The van der Waals surface area contributed by atoms with Crippen LogP contribution in [-0.4, -0.2) is 55.4 Å². The van der Waals surface area contributed by atoms with Gasteiger partial charge >= 0.3 is 0 Å². The monoisotopic (exact) mass is 386 g/mol. The van der Waals surface area contributed by atoms with Gasteiger partial charge in [-0.25, -0.2) is 9.50 Å². The second-order valence-electron chi connectivity index (χ2n) is 8.62. The van der Waals surface area contributed by atoms with Gasteiger partial charge in [0.2, 0.25) is 11.8 Å². The summed E-state index contributed by atoms with van der Waals surface area (Å²) in [6.45, 7) is 11.1. The molecule has 1 aliphatic heterocycles. The SMILES string of the molecule is Cc1nc2ncnn2c(C)c1CCC(=O)NC1CCN(C(=O)C(C)(C)C)CC1. The molecule has 0 aromatic carbocycles. The number of carbonyl (C=O) groups is 2. The average molecular weight is 387 g/mol. The highest BCUT2D eigenvalue weighted by Gasteiger charge is 2.30. The van der Waals surface area contributed by atoms with Crippen molar-refractivity contribution in [3.8, 4) is 0 Å². The number of aryl methyl sites for hydroxylation is 2. The Bertz CT molecular complexity index is 875. The number of likely N-dealkylation sites (tertiary alicyclic amines) is 1. The van der Waals surface area contributed by atoms with E-state index in [0.29, 0.717) is 31.7 Å². The average Bonchev–Trinajstić information content (AvgIpc) is 3.09. The minimum absolute atomic E-state index is 0.0399. The Hall–Kier alpha value is -2.51. The molecule has 0 saturated carbocycles. The van der Waals surface area contributed by atoms with Crippen LogP contribution in [0.5, 0.6) is 0 Å². The lowest BCUT2D eigenvalue weighted by Gasteiger charge is -2.36. The second kappa shape index (κ2) is 7.85. The van der Waals surface area contributed by atoms with E-state index in [-0.39, 0.29) is 23.3 Å². The lowest BCUT2D eigenvalue weighted by atomic mass is 9.93. The lowest BCUT2D eigenvalue weighted by molar-refractivity contribution is -0.140. The summed E-state index contributed by atoms with van der Waals surface area (Å²) >= 11 is 0. The summed E-state index contributed by atoms with van der Waals surface area (Å²) in [4.78, 5) is 35.3. The zero-order valence-electron chi connectivity index (χ0n) is 17.4. The van der Waals surface area contributed by atoms with Gasteiger partial charge in [-0.15, -0.1) is 0 Å². The predicted molar refractivity (Wildman–Crippen MR) is 106 cm³/mol. The molecule has 0 radical (unpaired) electrons. The first-order chi connectivity index (χ1) is 13.2. The summed E-state index contributed by atoms with van der Waals surface area (Å²) in [5.41, 5.74) is 2.55. The molecule has 3 heterocycles. The third kappa shape index (κ3) is 4.31. The topological polar surface area (TPSA) is 92.5 Å². The van der Waals surface area contributed by atoms with Crippen molar-refractivity contribution in [2.45, 2.75) is 66.3 Å². The molecule has 0 unspecified atom stereocenters. The zero-order chi connectivity index (χ0) is 20.5. The number of carbonyl (C=O) groups excluding carboxylic acids is 2. The van der Waals surface area contributed by atoms with E-state index in [2.05, 4.69) is 20.4 Å². The fraction of sp³-hybridized carbons (Fsp3) is 0.650. The van der Waals surface area contributed by atoms with Crippen molar-refractivity contribution in [1.82, 2.24) is 29.8 Å². The second-order valence-corrected chi connectivity index (χ2v) is 8.62. The molecule has 8 heteroatoms. The fourth-order valence-electron chi connectivity index (χ4n) is 3.76. The fourth-order valence-corrected chi connectivity index (χ4v) is 3.76. The van der Waals surface area contributed by atoms with Gasteiger partial charge in [0.15, 0.2) is 0 Å². The number of nitrogens with one attached hydrogen (secondary N) is 1. The van der Waals surface area contributed by atoms with E-state index in [1.54, 1.807) is 4.52 Å². The normalized spacial score (nSPS) is 15.8. The van der Waals surface area contributed by atoms with Crippen LogP contribution in [0.1, 0.15) is 57.0 Å². The Morgan fingerprint density at radius 2 is 1.89 bits per heavy atom. The van der Waals surface area contributed by atoms with Crippen LogP contribution in [0.25, 0.3) is 5.78 Å². The summed E-state index contributed by atoms with van der Waals surface area (Å²) in [5, 5.41) is 7.32. The van der Waals surface area contributed by atoms with Crippen LogP contribution in [-0.2, 0) is 16.0 Å². The molecule has 152 valence electrons. The van der Waals surface area contributed by atoms with Gasteiger partial charge in [0.1, 0.15) is 6.33 Å². The Labute approximate surface area is 165 Å². The molecule has 2 aromatic rings. The van der Waals surface area contributed by atoms with Crippen LogP contribution in [0.2, 0.25) is 0 Å². The van der Waals surface area contributed by atoms with Crippen LogP contribution in [0, 0.1) is 19.3 Å². The van der Waals surface area contributed by atoms with Crippen molar-refractivity contribution in [2.75, 3.05) is 13.1 Å². The van der Waals surface area contributed by atoms with Gasteiger partial charge in [-0.3, -0.25) is 9.59 Å². The molecule has 3 rings (SSSR count). The van der Waals surface area contributed by atoms with E-state index in [4.69, 9.17) is 0 Å². The number of hydrogen-bond acceptors (Lipinski definition) is 5. The van der Waals surface area contributed by atoms with Gasteiger partial charge in [-0.05, 0) is 38.7 Å². The van der Waals surface area contributed by atoms with Crippen molar-refractivity contribution in [2.24, 2.45) is 5.41 Å². The lowest BCUT2D eigenvalue weighted by Crippen LogP contribution is -2.49. The molecule has 0 aliphatic carbocycles. The quantitative estimate of drug-likeness (QED) is 0.865. The summed E-state index contributed by atoms with van der Waals surface area (Å²) in [6.07, 6.45) is 4.12. The van der Waals surface area contributed by atoms with Crippen molar-refractivity contribution in [3.05, 3.63) is 23.3 Å². The number of amides is 2. The molecule has 2 amide bonds. The van der Waals surface area contributed by atoms with E-state index in [9.17, 15) is 9.59 Å². The first-order valence-electron chi connectivity index (χ1n) is 9.91. The summed E-state index contributed by atoms with van der Waals surface area (Å²) in [7, 11) is 0. The summed E-state index contributed by atoms with van der Waals surface area (Å²) < 4.78 is 1.71. The van der Waals surface area contributed by atoms with Crippen LogP contribution in [0.3, 0.4) is 0 Å². The van der Waals surface area contributed by atoms with Crippen LogP contribution >= 0.6 is 0 Å². The zero-order valence-corrected chi connectivity index (χ0v) is 17.4. The van der Waals surface area contributed by atoms with E-state index in [1.807, 2.05) is 39.5 Å². The first-order valence-corrected chi connectivity index (χ1v) is 9.91. The number of nitrogens with zero attached hydrogens (tertiary/aromatic N) is 5. The highest BCUT2D eigenvalue weighted by Crippen LogP contribution is 2.21. The molecule has 0 bridgehead atoms. The van der Waals surface area contributed by atoms with E-state index in [1.165, 1.54) is 6.33 Å². The molecule has 2 aromatic heterocycles. The number of fused-ring (bicyclic) bond motifs is 1. The molecule has 1 saturated heterocycles. The number of hydrogen-bond donors (Lipinski definition) is 1. The smallest absolute Gasteiger partial charge is 0.252 e. The van der Waals surface area contributed by atoms with Gasteiger partial charge in [-0.1, -0.05) is 20.8 Å². The molecule has 0 spiro atoms. The molecule has 0 atom stereocenters. The third-order valence-electron chi connectivity index (χ3n) is 5.38. The van der Waals surface area contributed by atoms with E-state index in [0.717, 1.165) is 29.8 Å². The highest BCUT2D eigenvalue weighted by molar-refractivity contribution is 5.81. The van der Waals surface area contributed by atoms with Gasteiger partial charge in [0.25, 0.3) is 5.78 Å². The minimum Gasteiger partial charge on any atom is -0.353 e. The number of aromatic nitrogens is 4. The highest BCUT2D eigenvalue weighted by atomic mass is 16.2. The maximum absolute atomic E-state index is 12.4. The minimum atomic E-state index is -0.356. The van der Waals surface area contributed by atoms with Crippen molar-refractivity contribution >= 4 is 17.6 Å². The van der Waals surface area contributed by atoms with Crippen molar-refractivity contribution in [1.29, 1.82) is 0 Å². The van der Waals surface area contributed by atoms with Crippen molar-refractivity contribution < 1.29 is 9.59 Å². The van der Waals surface area contributed by atoms with E-state index < -0.39 is 0 Å². The molecule has 8 nitrogen and oxygen atoms in total. The van der Waals surface area contributed by atoms with Crippen LogP contribution < -0.4 is 5.32 Å². The largest absolute Gasteiger partial charge is 0.353 e. The van der Waals surface area contributed by atoms with Gasteiger partial charge in [0, 0.05) is 42.4 Å².